The van der Waals surface area contributed by atoms with Gasteiger partial charge in [0.1, 0.15) is 11.6 Å². The zero-order chi connectivity index (χ0) is 14.8. The van der Waals surface area contributed by atoms with Crippen molar-refractivity contribution in [3.05, 3.63) is 65.6 Å². The molecule has 3 nitrogen and oxygen atoms in total. The quantitative estimate of drug-likeness (QED) is 0.763. The maximum absolute atomic E-state index is 13.3. The van der Waals surface area contributed by atoms with Crippen LogP contribution in [-0.4, -0.2) is 10.1 Å². The maximum atomic E-state index is 13.3. The lowest BCUT2D eigenvalue weighted by molar-refractivity contribution is 0.468. The number of anilines is 1. The first-order chi connectivity index (χ1) is 10.1. The highest BCUT2D eigenvalue weighted by Gasteiger charge is 2.05. The van der Waals surface area contributed by atoms with Crippen molar-refractivity contribution in [1.29, 1.82) is 0 Å². The highest BCUT2D eigenvalue weighted by Crippen LogP contribution is 2.25. The minimum Gasteiger partial charge on any atom is -0.508 e. The van der Waals surface area contributed by atoms with E-state index >= 15 is 0 Å². The molecule has 3 rings (SSSR count). The third kappa shape index (κ3) is 2.79. The molecule has 0 amide bonds. The SMILES string of the molecule is Cc1ccc(NCc2cc(O)cc(F)c2)c2cccnc12. The zero-order valence-electron chi connectivity index (χ0n) is 11.6. The van der Waals surface area contributed by atoms with E-state index < -0.39 is 5.82 Å². The molecule has 0 unspecified atom stereocenters. The van der Waals surface area contributed by atoms with E-state index in [0.29, 0.717) is 12.1 Å². The number of phenols is 1. The fourth-order valence-electron chi connectivity index (χ4n) is 2.40. The van der Waals surface area contributed by atoms with Crippen LogP contribution in [0, 0.1) is 12.7 Å². The number of pyridine rings is 1. The Hall–Kier alpha value is -2.62. The number of fused-ring (bicyclic) bond motifs is 1. The number of nitrogens with one attached hydrogen (secondary N) is 1. The van der Waals surface area contributed by atoms with Crippen molar-refractivity contribution in [1.82, 2.24) is 4.98 Å². The van der Waals surface area contributed by atoms with Gasteiger partial charge in [-0.05, 0) is 48.4 Å². The molecule has 0 fully saturated rings. The van der Waals surface area contributed by atoms with Gasteiger partial charge in [-0.2, -0.15) is 0 Å². The van der Waals surface area contributed by atoms with Gasteiger partial charge >= 0.3 is 0 Å². The molecule has 4 heteroatoms. The Morgan fingerprint density at radius 2 is 2.05 bits per heavy atom. The van der Waals surface area contributed by atoms with Crippen LogP contribution in [0.15, 0.2) is 48.7 Å². The zero-order valence-corrected chi connectivity index (χ0v) is 11.6. The molecular formula is C17H15FN2O. The number of benzene rings is 2. The second-order valence-corrected chi connectivity index (χ2v) is 5.00. The maximum Gasteiger partial charge on any atom is 0.127 e. The minimum absolute atomic E-state index is 0.0674. The Morgan fingerprint density at radius 1 is 1.19 bits per heavy atom. The van der Waals surface area contributed by atoms with Crippen LogP contribution in [0.25, 0.3) is 10.9 Å². The number of rotatable bonds is 3. The van der Waals surface area contributed by atoms with Crippen LogP contribution in [0.2, 0.25) is 0 Å². The van der Waals surface area contributed by atoms with Crippen LogP contribution in [0.5, 0.6) is 5.75 Å². The number of nitrogens with zero attached hydrogens (tertiary/aromatic N) is 1. The molecular weight excluding hydrogens is 267 g/mol. The summed E-state index contributed by atoms with van der Waals surface area (Å²) in [6, 6.07) is 11.9. The average Bonchev–Trinajstić information content (AvgIpc) is 2.46. The van der Waals surface area contributed by atoms with Gasteiger partial charge in [-0.25, -0.2) is 4.39 Å². The summed E-state index contributed by atoms with van der Waals surface area (Å²) in [5, 5.41) is 13.7. The van der Waals surface area contributed by atoms with Gasteiger partial charge in [0.05, 0.1) is 5.52 Å². The molecule has 0 aliphatic rings. The molecule has 0 saturated carbocycles. The van der Waals surface area contributed by atoms with E-state index in [2.05, 4.69) is 10.3 Å². The Morgan fingerprint density at radius 3 is 2.86 bits per heavy atom. The van der Waals surface area contributed by atoms with Gasteiger partial charge in [-0.15, -0.1) is 0 Å². The lowest BCUT2D eigenvalue weighted by atomic mass is 10.1. The number of aromatic nitrogens is 1. The van der Waals surface area contributed by atoms with E-state index in [9.17, 15) is 9.50 Å². The van der Waals surface area contributed by atoms with Gasteiger partial charge < -0.3 is 10.4 Å². The van der Waals surface area contributed by atoms with Crippen LogP contribution in [-0.2, 0) is 6.54 Å². The summed E-state index contributed by atoms with van der Waals surface area (Å²) >= 11 is 0. The molecule has 0 bridgehead atoms. The third-order valence-electron chi connectivity index (χ3n) is 3.40. The number of halogens is 1. The molecule has 2 N–H and O–H groups in total. The molecule has 1 heterocycles. The molecule has 2 aromatic carbocycles. The van der Waals surface area contributed by atoms with Gasteiger partial charge in [0.15, 0.2) is 0 Å². The van der Waals surface area contributed by atoms with Crippen molar-refractivity contribution < 1.29 is 9.50 Å². The van der Waals surface area contributed by atoms with E-state index in [1.54, 1.807) is 12.3 Å². The van der Waals surface area contributed by atoms with Crippen molar-refractivity contribution in [3.63, 3.8) is 0 Å². The predicted octanol–water partition coefficient (Wildman–Crippen LogP) is 4.00. The average molecular weight is 282 g/mol. The first-order valence-electron chi connectivity index (χ1n) is 6.70. The molecule has 3 aromatic rings. The summed E-state index contributed by atoms with van der Waals surface area (Å²) in [5.41, 5.74) is 3.68. The van der Waals surface area contributed by atoms with Crippen LogP contribution in [0.4, 0.5) is 10.1 Å². The minimum atomic E-state index is -0.442. The lowest BCUT2D eigenvalue weighted by Gasteiger charge is -2.11. The topological polar surface area (TPSA) is 45.1 Å². The normalized spacial score (nSPS) is 10.8. The molecule has 21 heavy (non-hydrogen) atoms. The van der Waals surface area contributed by atoms with E-state index in [-0.39, 0.29) is 5.75 Å². The second-order valence-electron chi connectivity index (χ2n) is 5.00. The Balaban J connectivity index is 1.90. The Bertz CT molecular complexity index is 782. The highest BCUT2D eigenvalue weighted by atomic mass is 19.1. The largest absolute Gasteiger partial charge is 0.508 e. The van der Waals surface area contributed by atoms with E-state index in [0.717, 1.165) is 28.2 Å². The summed E-state index contributed by atoms with van der Waals surface area (Å²) in [6.45, 7) is 2.45. The van der Waals surface area contributed by atoms with Crippen LogP contribution >= 0.6 is 0 Å². The fraction of sp³-hybridized carbons (Fsp3) is 0.118. The summed E-state index contributed by atoms with van der Waals surface area (Å²) in [5.74, 6) is -0.510. The molecule has 0 atom stereocenters. The number of aryl methyl sites for hydroxylation is 1. The number of aromatic hydroxyl groups is 1. The van der Waals surface area contributed by atoms with Gasteiger partial charge in [0, 0.05) is 29.9 Å². The van der Waals surface area contributed by atoms with Crippen molar-refractivity contribution in [2.24, 2.45) is 0 Å². The summed E-state index contributed by atoms with van der Waals surface area (Å²) in [6.07, 6.45) is 1.77. The molecule has 0 aliphatic heterocycles. The van der Waals surface area contributed by atoms with Crippen molar-refractivity contribution in [2.75, 3.05) is 5.32 Å². The van der Waals surface area contributed by atoms with E-state index in [1.807, 2.05) is 31.2 Å². The monoisotopic (exact) mass is 282 g/mol. The molecule has 0 spiro atoms. The van der Waals surface area contributed by atoms with Crippen molar-refractivity contribution in [3.8, 4) is 5.75 Å². The summed E-state index contributed by atoms with van der Waals surface area (Å²) in [4.78, 5) is 4.38. The number of hydrogen-bond acceptors (Lipinski definition) is 3. The van der Waals surface area contributed by atoms with E-state index in [1.165, 1.54) is 6.07 Å². The van der Waals surface area contributed by atoms with Gasteiger partial charge in [0.2, 0.25) is 0 Å². The van der Waals surface area contributed by atoms with Gasteiger partial charge in [-0.1, -0.05) is 6.07 Å². The molecule has 0 radical (unpaired) electrons. The molecule has 1 aromatic heterocycles. The fourth-order valence-corrected chi connectivity index (χ4v) is 2.40. The highest BCUT2D eigenvalue weighted by molar-refractivity contribution is 5.93. The Labute approximate surface area is 122 Å². The van der Waals surface area contributed by atoms with Gasteiger partial charge in [-0.3, -0.25) is 4.98 Å². The standard InChI is InChI=1S/C17H15FN2O/c1-11-4-5-16(15-3-2-6-19-17(11)15)20-10-12-7-13(18)9-14(21)8-12/h2-9,20-21H,10H2,1H3. The van der Waals surface area contributed by atoms with Crippen LogP contribution in [0.3, 0.4) is 0 Å². The van der Waals surface area contributed by atoms with Crippen LogP contribution < -0.4 is 5.32 Å². The van der Waals surface area contributed by atoms with Crippen molar-refractivity contribution >= 4 is 16.6 Å². The third-order valence-corrected chi connectivity index (χ3v) is 3.40. The van der Waals surface area contributed by atoms with Crippen LogP contribution in [0.1, 0.15) is 11.1 Å². The van der Waals surface area contributed by atoms with Gasteiger partial charge in [0.25, 0.3) is 0 Å². The second kappa shape index (κ2) is 5.40. The van der Waals surface area contributed by atoms with Crippen molar-refractivity contribution in [2.45, 2.75) is 13.5 Å². The number of phenolic OH excluding ortho intramolecular Hbond substituents is 1. The smallest absolute Gasteiger partial charge is 0.127 e. The first-order valence-corrected chi connectivity index (χ1v) is 6.70. The first kappa shape index (κ1) is 13.4. The summed E-state index contributed by atoms with van der Waals surface area (Å²) < 4.78 is 13.3. The Kier molecular flexibility index (Phi) is 3.44. The molecule has 106 valence electrons. The predicted molar refractivity (Wildman–Crippen MR) is 81.9 cm³/mol. The molecule has 0 aliphatic carbocycles. The van der Waals surface area contributed by atoms with E-state index in [4.69, 9.17) is 0 Å². The molecule has 0 saturated heterocycles. The summed E-state index contributed by atoms with van der Waals surface area (Å²) in [7, 11) is 0. The lowest BCUT2D eigenvalue weighted by Crippen LogP contribution is -2.01. The number of hydrogen-bond donors (Lipinski definition) is 2.